The van der Waals surface area contributed by atoms with Crippen molar-refractivity contribution in [2.75, 3.05) is 0 Å². The fraction of sp³-hybridized carbons (Fsp3) is 0.333. The van der Waals surface area contributed by atoms with Gasteiger partial charge in [-0.1, -0.05) is 11.6 Å². The zero-order valence-electron chi connectivity index (χ0n) is 15.3. The molecule has 2 heterocycles. The number of nitrogens with zero attached hydrogens (tertiary/aromatic N) is 1. The van der Waals surface area contributed by atoms with Crippen molar-refractivity contribution >= 4 is 22.6 Å². The molecule has 1 aliphatic carbocycles. The molecule has 140 valence electrons. The highest BCUT2D eigenvalue weighted by Crippen LogP contribution is 2.42. The number of ether oxygens (including phenoxy) is 1. The van der Waals surface area contributed by atoms with Crippen molar-refractivity contribution in [2.24, 2.45) is 0 Å². The first-order valence-electron chi connectivity index (χ1n) is 8.91. The zero-order chi connectivity index (χ0) is 19.3. The minimum absolute atomic E-state index is 0.00145. The summed E-state index contributed by atoms with van der Waals surface area (Å²) < 4.78 is 26.0. The summed E-state index contributed by atoms with van der Waals surface area (Å²) in [4.78, 5) is 16.4. The van der Waals surface area contributed by atoms with Crippen LogP contribution < -0.4 is 10.2 Å². The lowest BCUT2D eigenvalue weighted by atomic mass is 10.0. The molecule has 27 heavy (non-hydrogen) atoms. The van der Waals surface area contributed by atoms with Crippen molar-refractivity contribution in [3.63, 3.8) is 0 Å². The molecule has 1 aliphatic rings. The van der Waals surface area contributed by atoms with Gasteiger partial charge in [-0.2, -0.15) is 4.39 Å². The van der Waals surface area contributed by atoms with E-state index in [1.807, 2.05) is 26.0 Å². The molecule has 0 aliphatic heterocycles. The molecule has 4 nitrogen and oxygen atoms in total. The highest BCUT2D eigenvalue weighted by Gasteiger charge is 2.30. The largest absolute Gasteiger partial charge is 0.481 e. The number of hydrogen-bond donors (Lipinski definition) is 0. The molecule has 0 amide bonds. The zero-order valence-corrected chi connectivity index (χ0v) is 16.1. The summed E-state index contributed by atoms with van der Waals surface area (Å²) in [7, 11) is 0. The van der Waals surface area contributed by atoms with E-state index < -0.39 is 12.1 Å². The monoisotopic (exact) mass is 387 g/mol. The Morgan fingerprint density at radius 3 is 2.70 bits per heavy atom. The van der Waals surface area contributed by atoms with Crippen LogP contribution >= 0.6 is 11.6 Å². The first-order chi connectivity index (χ1) is 12.8. The molecule has 2 aromatic heterocycles. The van der Waals surface area contributed by atoms with E-state index in [4.69, 9.17) is 20.8 Å². The number of aromatic nitrogens is 1. The highest BCUT2D eigenvalue weighted by molar-refractivity contribution is 6.29. The Kier molecular flexibility index (Phi) is 4.42. The van der Waals surface area contributed by atoms with Crippen LogP contribution in [0.15, 0.2) is 33.5 Å². The molecule has 1 aromatic carbocycles. The first kappa shape index (κ1) is 18.0. The first-order valence-corrected chi connectivity index (χ1v) is 9.29. The van der Waals surface area contributed by atoms with E-state index >= 15 is 0 Å². The molecule has 1 atom stereocenters. The minimum Gasteiger partial charge on any atom is -0.481 e. The van der Waals surface area contributed by atoms with Gasteiger partial charge in [0.05, 0.1) is 5.39 Å². The number of halogens is 2. The molecule has 0 saturated heterocycles. The maximum Gasteiger partial charge on any atom is 0.256 e. The van der Waals surface area contributed by atoms with Crippen molar-refractivity contribution in [1.29, 1.82) is 0 Å². The second-order valence-electron chi connectivity index (χ2n) is 7.11. The summed E-state index contributed by atoms with van der Waals surface area (Å²) in [6, 6.07) is 6.64. The van der Waals surface area contributed by atoms with Crippen molar-refractivity contribution in [3.05, 3.63) is 68.0 Å². The van der Waals surface area contributed by atoms with Crippen molar-refractivity contribution in [3.8, 4) is 5.75 Å². The fourth-order valence-electron chi connectivity index (χ4n) is 3.36. The van der Waals surface area contributed by atoms with Crippen LogP contribution in [0.5, 0.6) is 5.75 Å². The number of benzene rings is 1. The van der Waals surface area contributed by atoms with E-state index in [1.54, 1.807) is 6.92 Å². The van der Waals surface area contributed by atoms with E-state index in [9.17, 15) is 9.18 Å². The average molecular weight is 388 g/mol. The molecule has 6 heteroatoms. The van der Waals surface area contributed by atoms with Gasteiger partial charge >= 0.3 is 0 Å². The molecule has 0 bridgehead atoms. The molecule has 4 rings (SSSR count). The Bertz CT molecular complexity index is 1100. The van der Waals surface area contributed by atoms with E-state index in [0.717, 1.165) is 24.2 Å². The summed E-state index contributed by atoms with van der Waals surface area (Å²) in [6.45, 7) is 5.51. The lowest BCUT2D eigenvalue weighted by Crippen LogP contribution is -2.12. The maximum absolute atomic E-state index is 14.0. The minimum atomic E-state index is -0.776. The molecule has 0 radical (unpaired) electrons. The van der Waals surface area contributed by atoms with Gasteiger partial charge in [-0.15, -0.1) is 0 Å². The second-order valence-corrected chi connectivity index (χ2v) is 7.50. The van der Waals surface area contributed by atoms with Gasteiger partial charge in [-0.25, -0.2) is 4.98 Å². The van der Waals surface area contributed by atoms with Gasteiger partial charge in [-0.3, -0.25) is 4.79 Å². The van der Waals surface area contributed by atoms with Gasteiger partial charge in [0.2, 0.25) is 0 Å². The van der Waals surface area contributed by atoms with Crippen molar-refractivity contribution < 1.29 is 13.5 Å². The van der Waals surface area contributed by atoms with Gasteiger partial charge < -0.3 is 9.15 Å². The molecular formula is C21H19ClFNO3. The van der Waals surface area contributed by atoms with Crippen LogP contribution in [-0.4, -0.2) is 4.98 Å². The second kappa shape index (κ2) is 6.64. The van der Waals surface area contributed by atoms with Gasteiger partial charge in [0.1, 0.15) is 22.6 Å². The number of pyridine rings is 1. The van der Waals surface area contributed by atoms with Gasteiger partial charge in [-0.05, 0) is 63.4 Å². The van der Waals surface area contributed by atoms with Crippen LogP contribution in [0.2, 0.25) is 5.15 Å². The van der Waals surface area contributed by atoms with Crippen molar-refractivity contribution in [1.82, 2.24) is 4.98 Å². The van der Waals surface area contributed by atoms with Gasteiger partial charge in [0.15, 0.2) is 11.2 Å². The molecule has 0 unspecified atom stereocenters. The molecular weight excluding hydrogens is 369 g/mol. The predicted molar refractivity (Wildman–Crippen MR) is 102 cm³/mol. The average Bonchev–Trinajstić information content (AvgIpc) is 3.45. The lowest BCUT2D eigenvalue weighted by Gasteiger charge is -2.18. The summed E-state index contributed by atoms with van der Waals surface area (Å²) in [5.41, 5.74) is 2.78. The Morgan fingerprint density at radius 2 is 2.04 bits per heavy atom. The Balaban J connectivity index is 1.83. The molecule has 1 fully saturated rings. The van der Waals surface area contributed by atoms with E-state index in [2.05, 4.69) is 4.98 Å². The van der Waals surface area contributed by atoms with E-state index in [-0.39, 0.29) is 16.3 Å². The number of rotatable bonds is 4. The number of hydrogen-bond acceptors (Lipinski definition) is 4. The summed E-state index contributed by atoms with van der Waals surface area (Å²) in [5.74, 6) is 0.287. The van der Waals surface area contributed by atoms with Crippen molar-refractivity contribution in [2.45, 2.75) is 45.6 Å². The molecule has 0 spiro atoms. The van der Waals surface area contributed by atoms with Crippen LogP contribution in [0.3, 0.4) is 0 Å². The number of fused-ring (bicyclic) bond motifs is 1. The third kappa shape index (κ3) is 3.32. The van der Waals surface area contributed by atoms with Gasteiger partial charge in [0.25, 0.3) is 5.95 Å². The van der Waals surface area contributed by atoms with E-state index in [0.29, 0.717) is 28.0 Å². The van der Waals surface area contributed by atoms with E-state index in [1.165, 1.54) is 12.1 Å². The third-order valence-electron chi connectivity index (χ3n) is 4.90. The summed E-state index contributed by atoms with van der Waals surface area (Å²) in [6.07, 6.45) is 1.52. The summed E-state index contributed by atoms with van der Waals surface area (Å²) >= 11 is 5.70. The predicted octanol–water partition coefficient (Wildman–Crippen LogP) is 5.61. The SMILES string of the molecule is Cc1cc([C@@H](C)Oc2ccc(Cl)nc2F)c2oc(C3CC3)c(C)c(=O)c2c1. The number of aryl methyl sites for hydroxylation is 1. The van der Waals surface area contributed by atoms with Crippen LogP contribution in [-0.2, 0) is 0 Å². The fourth-order valence-corrected chi connectivity index (χ4v) is 3.50. The quantitative estimate of drug-likeness (QED) is 0.545. The lowest BCUT2D eigenvalue weighted by molar-refractivity contribution is 0.213. The Labute approximate surface area is 160 Å². The van der Waals surface area contributed by atoms with Gasteiger partial charge in [0, 0.05) is 17.0 Å². The molecule has 0 N–H and O–H groups in total. The highest BCUT2D eigenvalue weighted by atomic mass is 35.5. The smallest absolute Gasteiger partial charge is 0.256 e. The molecule has 1 saturated carbocycles. The topological polar surface area (TPSA) is 52.3 Å². The summed E-state index contributed by atoms with van der Waals surface area (Å²) in [5, 5.41) is 0.584. The van der Waals surface area contributed by atoms with Crippen LogP contribution in [0.4, 0.5) is 4.39 Å². The Hall–Kier alpha value is -2.40. The standard InChI is InChI=1S/C21H19ClFNO3/c1-10-8-14(12(3)26-16-6-7-17(22)24-21(16)23)20-15(9-10)18(25)11(2)19(27-20)13-4-5-13/h6-9,12-13H,4-5H2,1-3H3/t12-/m1/s1. The van der Waals surface area contributed by atoms with Crippen LogP contribution in [0.25, 0.3) is 11.0 Å². The molecule has 3 aromatic rings. The normalized spacial score (nSPS) is 15.1. The van der Waals surface area contributed by atoms with Crippen LogP contribution in [0.1, 0.15) is 54.2 Å². The third-order valence-corrected chi connectivity index (χ3v) is 5.11. The Morgan fingerprint density at radius 1 is 1.30 bits per heavy atom. The maximum atomic E-state index is 14.0. The van der Waals surface area contributed by atoms with Crippen LogP contribution in [0, 0.1) is 19.8 Å².